The number of anilines is 1. The van der Waals surface area contributed by atoms with Crippen LogP contribution in [0.2, 0.25) is 0 Å². The second-order valence-electron chi connectivity index (χ2n) is 2.87. The predicted molar refractivity (Wildman–Crippen MR) is 57.4 cm³/mol. The molecule has 0 amide bonds. The second-order valence-corrected chi connectivity index (χ2v) is 3.95. The first-order valence-corrected chi connectivity index (χ1v) is 5.14. The first-order chi connectivity index (χ1) is 6.72. The standard InChI is InChI=1S/C10H10FNOS/c1-2-13-8-4-3-7(11)6-5-9(12)14-10(6)8/h3-5H,2,12H2,1H3. The van der Waals surface area contributed by atoms with Crippen LogP contribution in [0.5, 0.6) is 5.75 Å². The van der Waals surface area contributed by atoms with Gasteiger partial charge < -0.3 is 10.5 Å². The van der Waals surface area contributed by atoms with E-state index in [0.29, 0.717) is 22.7 Å². The molecule has 14 heavy (non-hydrogen) atoms. The van der Waals surface area contributed by atoms with E-state index in [1.807, 2.05) is 6.92 Å². The average molecular weight is 211 g/mol. The quantitative estimate of drug-likeness (QED) is 0.828. The Labute approximate surface area is 85.1 Å². The summed E-state index contributed by atoms with van der Waals surface area (Å²) in [6.07, 6.45) is 0. The third-order valence-electron chi connectivity index (χ3n) is 1.91. The molecule has 0 fully saturated rings. The molecule has 74 valence electrons. The molecule has 0 saturated heterocycles. The van der Waals surface area contributed by atoms with Crippen LogP contribution in [0, 0.1) is 5.82 Å². The summed E-state index contributed by atoms with van der Waals surface area (Å²) in [4.78, 5) is 0. The molecular formula is C10H10FNOS. The van der Waals surface area contributed by atoms with Crippen LogP contribution >= 0.6 is 11.3 Å². The molecule has 0 aliphatic rings. The van der Waals surface area contributed by atoms with Crippen molar-refractivity contribution in [3.8, 4) is 5.75 Å². The highest BCUT2D eigenvalue weighted by Crippen LogP contribution is 2.36. The summed E-state index contributed by atoms with van der Waals surface area (Å²) in [7, 11) is 0. The van der Waals surface area contributed by atoms with Gasteiger partial charge in [0, 0.05) is 5.39 Å². The number of hydrogen-bond donors (Lipinski definition) is 1. The zero-order valence-electron chi connectivity index (χ0n) is 7.71. The van der Waals surface area contributed by atoms with Crippen LogP contribution in [-0.2, 0) is 0 Å². The van der Waals surface area contributed by atoms with E-state index in [1.165, 1.54) is 17.4 Å². The van der Waals surface area contributed by atoms with E-state index in [9.17, 15) is 4.39 Å². The number of nitrogen functional groups attached to an aromatic ring is 1. The van der Waals surface area contributed by atoms with E-state index in [0.717, 1.165) is 4.70 Å². The maximum Gasteiger partial charge on any atom is 0.137 e. The van der Waals surface area contributed by atoms with Gasteiger partial charge in [-0.2, -0.15) is 0 Å². The number of ether oxygens (including phenoxy) is 1. The van der Waals surface area contributed by atoms with Crippen molar-refractivity contribution in [3.05, 3.63) is 24.0 Å². The summed E-state index contributed by atoms with van der Waals surface area (Å²) in [5, 5.41) is 1.14. The van der Waals surface area contributed by atoms with Crippen molar-refractivity contribution < 1.29 is 9.13 Å². The fraction of sp³-hybridized carbons (Fsp3) is 0.200. The Morgan fingerprint density at radius 1 is 1.50 bits per heavy atom. The summed E-state index contributed by atoms with van der Waals surface area (Å²) in [6.45, 7) is 2.46. The van der Waals surface area contributed by atoms with Gasteiger partial charge in [-0.25, -0.2) is 4.39 Å². The first-order valence-electron chi connectivity index (χ1n) is 4.32. The Morgan fingerprint density at radius 3 is 3.00 bits per heavy atom. The highest BCUT2D eigenvalue weighted by Gasteiger charge is 2.09. The zero-order chi connectivity index (χ0) is 10.1. The minimum Gasteiger partial charge on any atom is -0.492 e. The van der Waals surface area contributed by atoms with Gasteiger partial charge in [0.15, 0.2) is 0 Å². The molecule has 0 aliphatic carbocycles. The molecule has 0 spiro atoms. The van der Waals surface area contributed by atoms with Crippen molar-refractivity contribution >= 4 is 26.4 Å². The molecule has 0 atom stereocenters. The number of fused-ring (bicyclic) bond motifs is 1. The lowest BCUT2D eigenvalue weighted by Crippen LogP contribution is -1.91. The lowest BCUT2D eigenvalue weighted by atomic mass is 10.2. The molecule has 0 saturated carbocycles. The SMILES string of the molecule is CCOc1ccc(F)c2cc(N)sc12. The third-order valence-corrected chi connectivity index (χ3v) is 2.89. The number of hydrogen-bond acceptors (Lipinski definition) is 3. The number of rotatable bonds is 2. The summed E-state index contributed by atoms with van der Waals surface area (Å²) in [5.41, 5.74) is 5.62. The van der Waals surface area contributed by atoms with Gasteiger partial charge in [0.25, 0.3) is 0 Å². The fourth-order valence-electron chi connectivity index (χ4n) is 1.35. The van der Waals surface area contributed by atoms with E-state index < -0.39 is 0 Å². The molecule has 4 heteroatoms. The van der Waals surface area contributed by atoms with Crippen molar-refractivity contribution in [2.45, 2.75) is 6.92 Å². The minimum atomic E-state index is -0.253. The van der Waals surface area contributed by atoms with Crippen LogP contribution in [0.25, 0.3) is 10.1 Å². The lowest BCUT2D eigenvalue weighted by molar-refractivity contribution is 0.344. The van der Waals surface area contributed by atoms with Crippen molar-refractivity contribution in [2.24, 2.45) is 0 Å². The van der Waals surface area contributed by atoms with Crippen LogP contribution in [-0.4, -0.2) is 6.61 Å². The number of benzene rings is 1. The Bertz CT molecular complexity index is 466. The smallest absolute Gasteiger partial charge is 0.137 e. The normalized spacial score (nSPS) is 10.7. The van der Waals surface area contributed by atoms with E-state index >= 15 is 0 Å². The van der Waals surface area contributed by atoms with Gasteiger partial charge >= 0.3 is 0 Å². The molecule has 0 unspecified atom stereocenters. The Morgan fingerprint density at radius 2 is 2.29 bits per heavy atom. The van der Waals surface area contributed by atoms with E-state index in [1.54, 1.807) is 12.1 Å². The Hall–Kier alpha value is -1.29. The summed E-state index contributed by atoms with van der Waals surface area (Å²) in [6, 6.07) is 4.68. The molecule has 0 radical (unpaired) electrons. The molecule has 2 N–H and O–H groups in total. The highest BCUT2D eigenvalue weighted by atomic mass is 32.1. The summed E-state index contributed by atoms with van der Waals surface area (Å²) >= 11 is 1.35. The van der Waals surface area contributed by atoms with Crippen LogP contribution < -0.4 is 10.5 Å². The minimum absolute atomic E-state index is 0.253. The molecule has 2 nitrogen and oxygen atoms in total. The van der Waals surface area contributed by atoms with Crippen LogP contribution in [0.3, 0.4) is 0 Å². The number of thiophene rings is 1. The van der Waals surface area contributed by atoms with Crippen LogP contribution in [0.1, 0.15) is 6.92 Å². The molecule has 0 aliphatic heterocycles. The van der Waals surface area contributed by atoms with Gasteiger partial charge in [-0.3, -0.25) is 0 Å². The summed E-state index contributed by atoms with van der Waals surface area (Å²) in [5.74, 6) is 0.446. The molecule has 1 aromatic heterocycles. The van der Waals surface area contributed by atoms with E-state index in [-0.39, 0.29) is 5.82 Å². The van der Waals surface area contributed by atoms with Crippen LogP contribution in [0.15, 0.2) is 18.2 Å². The molecule has 0 bridgehead atoms. The predicted octanol–water partition coefficient (Wildman–Crippen LogP) is 3.02. The molecule has 1 aromatic carbocycles. The molecule has 2 aromatic rings. The molecule has 2 rings (SSSR count). The Kier molecular flexibility index (Phi) is 2.29. The number of nitrogens with two attached hydrogens (primary N) is 1. The first kappa shape index (κ1) is 9.27. The highest BCUT2D eigenvalue weighted by molar-refractivity contribution is 7.23. The largest absolute Gasteiger partial charge is 0.492 e. The Balaban J connectivity index is 2.68. The van der Waals surface area contributed by atoms with Gasteiger partial charge in [0.05, 0.1) is 16.3 Å². The van der Waals surface area contributed by atoms with Gasteiger partial charge in [0.2, 0.25) is 0 Å². The van der Waals surface area contributed by atoms with Gasteiger partial charge in [-0.15, -0.1) is 11.3 Å². The van der Waals surface area contributed by atoms with Crippen LogP contribution in [0.4, 0.5) is 9.39 Å². The topological polar surface area (TPSA) is 35.2 Å². The molecule has 1 heterocycles. The zero-order valence-corrected chi connectivity index (χ0v) is 8.53. The van der Waals surface area contributed by atoms with Crippen molar-refractivity contribution in [1.82, 2.24) is 0 Å². The maximum absolute atomic E-state index is 13.3. The second kappa shape index (κ2) is 3.46. The summed E-state index contributed by atoms with van der Waals surface area (Å²) < 4.78 is 19.5. The average Bonchev–Trinajstić information content (AvgIpc) is 2.53. The maximum atomic E-state index is 13.3. The number of halogens is 1. The van der Waals surface area contributed by atoms with Crippen molar-refractivity contribution in [1.29, 1.82) is 0 Å². The van der Waals surface area contributed by atoms with Gasteiger partial charge in [-0.05, 0) is 25.1 Å². The van der Waals surface area contributed by atoms with Crippen molar-refractivity contribution in [3.63, 3.8) is 0 Å². The monoisotopic (exact) mass is 211 g/mol. The lowest BCUT2D eigenvalue weighted by Gasteiger charge is -2.03. The van der Waals surface area contributed by atoms with Gasteiger partial charge in [0.1, 0.15) is 11.6 Å². The van der Waals surface area contributed by atoms with E-state index in [4.69, 9.17) is 10.5 Å². The van der Waals surface area contributed by atoms with Gasteiger partial charge in [-0.1, -0.05) is 0 Å². The third kappa shape index (κ3) is 1.42. The molecular weight excluding hydrogens is 201 g/mol. The fourth-order valence-corrected chi connectivity index (χ4v) is 2.26. The van der Waals surface area contributed by atoms with E-state index in [2.05, 4.69) is 0 Å². The van der Waals surface area contributed by atoms with Crippen molar-refractivity contribution in [2.75, 3.05) is 12.3 Å².